The molecule has 0 bridgehead atoms. The van der Waals surface area contributed by atoms with E-state index < -0.39 is 12.0 Å². The van der Waals surface area contributed by atoms with Crippen molar-refractivity contribution < 1.29 is 23.7 Å². The monoisotopic (exact) mass is 413 g/mol. The van der Waals surface area contributed by atoms with E-state index in [0.29, 0.717) is 6.61 Å². The lowest BCUT2D eigenvalue weighted by atomic mass is 9.80. The molecule has 6 nitrogen and oxygen atoms in total. The number of cyclic esters (lactones) is 1. The van der Waals surface area contributed by atoms with E-state index in [2.05, 4.69) is 12.1 Å². The first kappa shape index (κ1) is 22.1. The Balaban J connectivity index is 1.89. The van der Waals surface area contributed by atoms with Crippen molar-refractivity contribution in [2.75, 3.05) is 27.4 Å². The molecule has 1 aliphatic heterocycles. The number of benzene rings is 2. The highest BCUT2D eigenvalue weighted by molar-refractivity contribution is 5.75. The fourth-order valence-electron chi connectivity index (χ4n) is 4.00. The highest BCUT2D eigenvalue weighted by atomic mass is 16.5. The Kier molecular flexibility index (Phi) is 7.71. The summed E-state index contributed by atoms with van der Waals surface area (Å²) in [6.07, 6.45) is 1.22. The molecule has 2 aromatic carbocycles. The smallest absolute Gasteiger partial charge is 0.325 e. The zero-order valence-corrected chi connectivity index (χ0v) is 17.9. The minimum Gasteiger partial charge on any atom is -0.497 e. The van der Waals surface area contributed by atoms with E-state index >= 15 is 0 Å². The Morgan fingerprint density at radius 1 is 0.967 bits per heavy atom. The SMILES string of the molecule is COc1cccc(C[C@H]2COC[C@H](N)C(=O)O[C@@H](C)[C@@H]2Cc2cccc(OC)c2)c1. The third-order valence-electron chi connectivity index (χ3n) is 5.68. The predicted octanol–water partition coefficient (Wildman–Crippen LogP) is 3.01. The first-order valence-corrected chi connectivity index (χ1v) is 10.3. The van der Waals surface area contributed by atoms with E-state index in [4.69, 9.17) is 24.7 Å². The summed E-state index contributed by atoms with van der Waals surface area (Å²) >= 11 is 0. The number of rotatable bonds is 6. The van der Waals surface area contributed by atoms with Crippen LogP contribution in [0.5, 0.6) is 11.5 Å². The zero-order valence-electron chi connectivity index (χ0n) is 17.9. The van der Waals surface area contributed by atoms with Gasteiger partial charge < -0.3 is 24.7 Å². The Hall–Kier alpha value is -2.57. The molecule has 30 heavy (non-hydrogen) atoms. The van der Waals surface area contributed by atoms with E-state index in [-0.39, 0.29) is 24.5 Å². The maximum Gasteiger partial charge on any atom is 0.325 e. The van der Waals surface area contributed by atoms with Crippen molar-refractivity contribution in [1.82, 2.24) is 0 Å². The van der Waals surface area contributed by atoms with E-state index in [9.17, 15) is 4.79 Å². The lowest BCUT2D eigenvalue weighted by molar-refractivity contribution is -0.153. The average Bonchev–Trinajstić information content (AvgIpc) is 2.80. The summed E-state index contributed by atoms with van der Waals surface area (Å²) in [6.45, 7) is 2.60. The minimum absolute atomic E-state index is 0.0533. The average molecular weight is 414 g/mol. The summed E-state index contributed by atoms with van der Waals surface area (Å²) < 4.78 is 22.3. The summed E-state index contributed by atoms with van der Waals surface area (Å²) in [5.41, 5.74) is 8.20. The van der Waals surface area contributed by atoms with Crippen molar-refractivity contribution in [3.63, 3.8) is 0 Å². The number of methoxy groups -OCH3 is 2. The topological polar surface area (TPSA) is 80.0 Å². The second-order valence-electron chi connectivity index (χ2n) is 7.82. The molecular formula is C24H31NO5. The third-order valence-corrected chi connectivity index (χ3v) is 5.68. The van der Waals surface area contributed by atoms with Crippen LogP contribution in [0.15, 0.2) is 48.5 Å². The van der Waals surface area contributed by atoms with Crippen LogP contribution in [0.2, 0.25) is 0 Å². The highest BCUT2D eigenvalue weighted by Crippen LogP contribution is 2.30. The number of ether oxygens (including phenoxy) is 4. The summed E-state index contributed by atoms with van der Waals surface area (Å²) in [5.74, 6) is 1.40. The van der Waals surface area contributed by atoms with Crippen molar-refractivity contribution in [3.05, 3.63) is 59.7 Å². The molecule has 1 heterocycles. The number of carbonyl (C=O) groups is 1. The molecule has 6 heteroatoms. The van der Waals surface area contributed by atoms with E-state index in [1.54, 1.807) is 14.2 Å². The van der Waals surface area contributed by atoms with Crippen LogP contribution in [0.1, 0.15) is 18.1 Å². The molecule has 1 aliphatic rings. The summed E-state index contributed by atoms with van der Waals surface area (Å²) in [6, 6.07) is 15.3. The van der Waals surface area contributed by atoms with Gasteiger partial charge in [0.25, 0.3) is 0 Å². The molecule has 162 valence electrons. The summed E-state index contributed by atoms with van der Waals surface area (Å²) in [4.78, 5) is 12.3. The Morgan fingerprint density at radius 3 is 2.17 bits per heavy atom. The van der Waals surface area contributed by atoms with Gasteiger partial charge in [-0.05, 0) is 61.1 Å². The molecule has 3 rings (SSSR count). The van der Waals surface area contributed by atoms with Crippen molar-refractivity contribution >= 4 is 5.97 Å². The van der Waals surface area contributed by atoms with Gasteiger partial charge in [-0.2, -0.15) is 0 Å². The second kappa shape index (κ2) is 10.5. The molecule has 0 aliphatic carbocycles. The fourth-order valence-corrected chi connectivity index (χ4v) is 4.00. The van der Waals surface area contributed by atoms with Gasteiger partial charge in [-0.25, -0.2) is 0 Å². The number of hydrogen-bond acceptors (Lipinski definition) is 6. The van der Waals surface area contributed by atoms with Crippen LogP contribution < -0.4 is 15.2 Å². The summed E-state index contributed by atoms with van der Waals surface area (Å²) in [7, 11) is 3.32. The number of carbonyl (C=O) groups excluding carboxylic acids is 1. The molecule has 1 fully saturated rings. The van der Waals surface area contributed by atoms with Crippen molar-refractivity contribution in [2.45, 2.75) is 31.9 Å². The van der Waals surface area contributed by atoms with Gasteiger partial charge in [0.1, 0.15) is 23.6 Å². The maximum absolute atomic E-state index is 12.3. The standard InChI is InChI=1S/C24H31NO5/c1-16-22(13-18-7-5-9-21(12-18)28-3)19(14-29-15-23(25)24(26)30-16)10-17-6-4-8-20(11-17)27-2/h4-9,11-12,16,19,22-23H,10,13-15,25H2,1-3H3/t16-,19-,22-,23-/m0/s1. The van der Waals surface area contributed by atoms with Crippen LogP contribution >= 0.6 is 0 Å². The van der Waals surface area contributed by atoms with Gasteiger partial charge in [0.2, 0.25) is 0 Å². The molecule has 0 amide bonds. The third kappa shape index (κ3) is 5.74. The zero-order chi connectivity index (χ0) is 21.5. The van der Waals surface area contributed by atoms with Crippen molar-refractivity contribution in [2.24, 2.45) is 17.6 Å². The van der Waals surface area contributed by atoms with E-state index in [0.717, 1.165) is 35.5 Å². The van der Waals surface area contributed by atoms with E-state index in [1.165, 1.54) is 0 Å². The van der Waals surface area contributed by atoms with Crippen LogP contribution in [-0.2, 0) is 27.1 Å². The van der Waals surface area contributed by atoms with Gasteiger partial charge in [-0.3, -0.25) is 4.79 Å². The van der Waals surface area contributed by atoms with Crippen LogP contribution in [0.4, 0.5) is 0 Å². The van der Waals surface area contributed by atoms with Crippen molar-refractivity contribution in [1.29, 1.82) is 0 Å². The Morgan fingerprint density at radius 2 is 1.57 bits per heavy atom. The van der Waals surface area contributed by atoms with Crippen LogP contribution in [0, 0.1) is 11.8 Å². The molecule has 4 atom stereocenters. The van der Waals surface area contributed by atoms with E-state index in [1.807, 2.05) is 43.3 Å². The maximum atomic E-state index is 12.3. The molecule has 0 spiro atoms. The predicted molar refractivity (Wildman–Crippen MR) is 115 cm³/mol. The lowest BCUT2D eigenvalue weighted by Crippen LogP contribution is -2.39. The second-order valence-corrected chi connectivity index (χ2v) is 7.82. The van der Waals surface area contributed by atoms with Gasteiger partial charge in [-0.1, -0.05) is 24.3 Å². The Bertz CT molecular complexity index is 840. The Labute approximate surface area is 178 Å². The largest absolute Gasteiger partial charge is 0.497 e. The lowest BCUT2D eigenvalue weighted by Gasteiger charge is -2.31. The van der Waals surface area contributed by atoms with Gasteiger partial charge in [0.05, 0.1) is 27.4 Å². The number of hydrogen-bond donors (Lipinski definition) is 1. The van der Waals surface area contributed by atoms with Crippen LogP contribution in [-0.4, -0.2) is 45.5 Å². The normalized spacial score (nSPS) is 24.9. The van der Waals surface area contributed by atoms with Crippen LogP contribution in [0.25, 0.3) is 0 Å². The molecule has 2 aromatic rings. The first-order chi connectivity index (χ1) is 14.5. The molecular weight excluding hydrogens is 382 g/mol. The van der Waals surface area contributed by atoms with Gasteiger partial charge in [0.15, 0.2) is 0 Å². The molecule has 0 saturated carbocycles. The number of esters is 1. The molecule has 0 aromatic heterocycles. The molecule has 1 saturated heterocycles. The molecule has 2 N–H and O–H groups in total. The van der Waals surface area contributed by atoms with Crippen LogP contribution in [0.3, 0.4) is 0 Å². The molecule has 0 unspecified atom stereocenters. The van der Waals surface area contributed by atoms with Gasteiger partial charge in [0, 0.05) is 5.92 Å². The van der Waals surface area contributed by atoms with Crippen molar-refractivity contribution in [3.8, 4) is 11.5 Å². The minimum atomic E-state index is -0.763. The molecule has 0 radical (unpaired) electrons. The highest BCUT2D eigenvalue weighted by Gasteiger charge is 2.33. The quantitative estimate of drug-likeness (QED) is 0.734. The summed E-state index contributed by atoms with van der Waals surface area (Å²) in [5, 5.41) is 0. The number of nitrogens with two attached hydrogens (primary N) is 1. The first-order valence-electron chi connectivity index (χ1n) is 10.3. The van der Waals surface area contributed by atoms with Gasteiger partial charge in [-0.15, -0.1) is 0 Å². The van der Waals surface area contributed by atoms with Gasteiger partial charge >= 0.3 is 5.97 Å². The fraction of sp³-hybridized carbons (Fsp3) is 0.458.